The topological polar surface area (TPSA) is 61.0 Å². The molecule has 0 bridgehead atoms. The zero-order chi connectivity index (χ0) is 24.5. The van der Waals surface area contributed by atoms with E-state index >= 15 is 0 Å². The lowest BCUT2D eigenvalue weighted by molar-refractivity contribution is 0.324. The summed E-state index contributed by atoms with van der Waals surface area (Å²) in [5.74, 6) is 2.91. The molecule has 1 unspecified atom stereocenters. The fourth-order valence-corrected chi connectivity index (χ4v) is 4.33. The van der Waals surface area contributed by atoms with Crippen LogP contribution in [0.4, 0.5) is 0 Å². The molecule has 5 heteroatoms. The molecule has 0 fully saturated rings. The number of benzene rings is 3. The highest BCUT2D eigenvalue weighted by molar-refractivity contribution is 6.09. The number of rotatable bonds is 3. The fraction of sp³-hybridized carbons (Fsp3) is 0.0645. The number of allylic oxidation sites excluding steroid dienone is 6. The molecule has 174 valence electrons. The predicted octanol–water partition coefficient (Wildman–Crippen LogP) is 7.75. The minimum Gasteiger partial charge on any atom is -0.463 e. The van der Waals surface area contributed by atoms with E-state index in [-0.39, 0.29) is 5.92 Å². The maximum Gasteiger partial charge on any atom is 0.167 e. The Bertz CT molecular complexity index is 1690. The quantitative estimate of drug-likeness (QED) is 0.270. The van der Waals surface area contributed by atoms with E-state index in [0.717, 1.165) is 38.8 Å². The number of nitrogens with zero attached hydrogens (tertiary/aromatic N) is 3. The number of para-hydroxylation sites is 2. The molecule has 5 aromatic rings. The minimum absolute atomic E-state index is 0.202. The van der Waals surface area contributed by atoms with Crippen molar-refractivity contribution in [3.8, 4) is 22.8 Å². The van der Waals surface area contributed by atoms with Crippen LogP contribution >= 0.6 is 0 Å². The second kappa shape index (κ2) is 9.12. The second-order valence-corrected chi connectivity index (χ2v) is 8.60. The number of aromatic nitrogens is 3. The molecule has 0 radical (unpaired) electrons. The van der Waals surface area contributed by atoms with Crippen LogP contribution in [0.1, 0.15) is 18.7 Å². The number of ether oxygens (including phenoxy) is 1. The molecule has 1 aliphatic heterocycles. The van der Waals surface area contributed by atoms with Crippen molar-refractivity contribution in [2.75, 3.05) is 0 Å². The average molecular weight is 470 g/mol. The van der Waals surface area contributed by atoms with Crippen LogP contribution in [0.5, 0.6) is 0 Å². The highest BCUT2D eigenvalue weighted by Gasteiger charge is 2.19. The van der Waals surface area contributed by atoms with Crippen molar-refractivity contribution in [2.24, 2.45) is 0 Å². The van der Waals surface area contributed by atoms with Gasteiger partial charge in [0.1, 0.15) is 28.5 Å². The SMILES string of the molecule is C=C1C=CC(c2nc(-c3ccccc3)nc(-c3cccc4c3oc3ccccc34)n2)/C=C\C=C(/C)O1. The van der Waals surface area contributed by atoms with Gasteiger partial charge in [-0.1, -0.05) is 85.5 Å². The minimum atomic E-state index is -0.202. The summed E-state index contributed by atoms with van der Waals surface area (Å²) in [6.07, 6.45) is 9.73. The molecule has 0 saturated carbocycles. The van der Waals surface area contributed by atoms with Crippen molar-refractivity contribution in [3.63, 3.8) is 0 Å². The molecule has 3 aromatic carbocycles. The van der Waals surface area contributed by atoms with Crippen LogP contribution < -0.4 is 0 Å². The largest absolute Gasteiger partial charge is 0.463 e. The Morgan fingerprint density at radius 3 is 2.44 bits per heavy atom. The van der Waals surface area contributed by atoms with Crippen LogP contribution in [0.3, 0.4) is 0 Å². The summed E-state index contributed by atoms with van der Waals surface area (Å²) in [6.45, 7) is 5.87. The molecule has 36 heavy (non-hydrogen) atoms. The first-order chi connectivity index (χ1) is 17.7. The van der Waals surface area contributed by atoms with Gasteiger partial charge in [0.15, 0.2) is 11.6 Å². The fourth-order valence-electron chi connectivity index (χ4n) is 4.33. The van der Waals surface area contributed by atoms with Crippen LogP contribution in [0.25, 0.3) is 44.7 Å². The molecule has 1 aliphatic rings. The van der Waals surface area contributed by atoms with Gasteiger partial charge >= 0.3 is 0 Å². The van der Waals surface area contributed by atoms with Gasteiger partial charge in [-0.05, 0) is 31.2 Å². The van der Waals surface area contributed by atoms with Crippen LogP contribution in [-0.2, 0) is 4.74 Å². The standard InChI is InChI=1S/C31H23N3O2/c1-20-10-8-13-23(19-18-21(2)35-20)30-32-29(22-11-4-3-5-12-22)33-31(34-30)26-16-9-15-25-24-14-6-7-17-27(24)36-28(25)26/h3-19,23H,2H2,1H3/b13-8-,19-18?,20-10+. The Kier molecular flexibility index (Phi) is 5.51. The van der Waals surface area contributed by atoms with Gasteiger partial charge in [0, 0.05) is 16.3 Å². The normalized spacial score (nSPS) is 18.2. The Hall–Kier alpha value is -4.77. The maximum atomic E-state index is 6.28. The smallest absolute Gasteiger partial charge is 0.167 e. The van der Waals surface area contributed by atoms with E-state index in [1.54, 1.807) is 0 Å². The van der Waals surface area contributed by atoms with E-state index in [1.807, 2.05) is 98.0 Å². The number of furan rings is 1. The van der Waals surface area contributed by atoms with Crippen LogP contribution in [0.15, 0.2) is 126 Å². The molecule has 0 N–H and O–H groups in total. The molecular formula is C31H23N3O2. The summed E-state index contributed by atoms with van der Waals surface area (Å²) < 4.78 is 12.0. The van der Waals surface area contributed by atoms with Crippen molar-refractivity contribution in [3.05, 3.63) is 127 Å². The van der Waals surface area contributed by atoms with Crippen LogP contribution in [0.2, 0.25) is 0 Å². The van der Waals surface area contributed by atoms with Crippen molar-refractivity contribution in [2.45, 2.75) is 12.8 Å². The molecule has 2 aromatic heterocycles. The summed E-state index contributed by atoms with van der Waals surface area (Å²) in [5.41, 5.74) is 3.33. The number of hydrogen-bond donors (Lipinski definition) is 0. The van der Waals surface area contributed by atoms with Crippen molar-refractivity contribution >= 4 is 21.9 Å². The van der Waals surface area contributed by atoms with Crippen molar-refractivity contribution in [1.29, 1.82) is 0 Å². The zero-order valence-electron chi connectivity index (χ0n) is 19.8. The molecule has 0 spiro atoms. The van der Waals surface area contributed by atoms with Gasteiger partial charge in [0.05, 0.1) is 11.5 Å². The maximum absolute atomic E-state index is 6.28. The number of fused-ring (bicyclic) bond motifs is 3. The molecule has 0 saturated heterocycles. The van der Waals surface area contributed by atoms with E-state index in [1.165, 1.54) is 0 Å². The Labute approximate surface area is 208 Å². The third-order valence-electron chi connectivity index (χ3n) is 6.06. The zero-order valence-corrected chi connectivity index (χ0v) is 19.8. The highest BCUT2D eigenvalue weighted by Crippen LogP contribution is 2.35. The predicted molar refractivity (Wildman–Crippen MR) is 143 cm³/mol. The molecule has 3 heterocycles. The van der Waals surface area contributed by atoms with Gasteiger partial charge in [0.2, 0.25) is 0 Å². The lowest BCUT2D eigenvalue weighted by Gasteiger charge is -2.11. The summed E-state index contributed by atoms with van der Waals surface area (Å²) in [6, 6.07) is 24.0. The third kappa shape index (κ3) is 4.12. The lowest BCUT2D eigenvalue weighted by Crippen LogP contribution is -2.06. The van der Waals surface area contributed by atoms with E-state index < -0.39 is 0 Å². The molecule has 0 amide bonds. The van der Waals surface area contributed by atoms with E-state index in [4.69, 9.17) is 24.1 Å². The summed E-state index contributed by atoms with van der Waals surface area (Å²) >= 11 is 0. The first-order valence-corrected chi connectivity index (χ1v) is 11.8. The second-order valence-electron chi connectivity index (χ2n) is 8.60. The lowest BCUT2D eigenvalue weighted by atomic mass is 10.1. The van der Waals surface area contributed by atoms with E-state index in [0.29, 0.717) is 23.2 Å². The average Bonchev–Trinajstić information content (AvgIpc) is 3.32. The van der Waals surface area contributed by atoms with Crippen LogP contribution in [-0.4, -0.2) is 15.0 Å². The van der Waals surface area contributed by atoms with Gasteiger partial charge in [-0.2, -0.15) is 0 Å². The summed E-state index contributed by atoms with van der Waals surface area (Å²) in [7, 11) is 0. The van der Waals surface area contributed by atoms with E-state index in [9.17, 15) is 0 Å². The van der Waals surface area contributed by atoms with E-state index in [2.05, 4.69) is 18.7 Å². The van der Waals surface area contributed by atoms with Gasteiger partial charge < -0.3 is 9.15 Å². The van der Waals surface area contributed by atoms with Gasteiger partial charge in [-0.25, -0.2) is 15.0 Å². The Morgan fingerprint density at radius 2 is 1.56 bits per heavy atom. The van der Waals surface area contributed by atoms with Gasteiger partial charge in [0.25, 0.3) is 0 Å². The third-order valence-corrected chi connectivity index (χ3v) is 6.06. The first-order valence-electron chi connectivity index (χ1n) is 11.8. The van der Waals surface area contributed by atoms with Crippen LogP contribution in [0, 0.1) is 0 Å². The molecule has 1 atom stereocenters. The Morgan fingerprint density at radius 1 is 0.778 bits per heavy atom. The van der Waals surface area contributed by atoms with Gasteiger partial charge in [-0.15, -0.1) is 0 Å². The van der Waals surface area contributed by atoms with Crippen molar-refractivity contribution < 1.29 is 9.15 Å². The monoisotopic (exact) mass is 469 g/mol. The van der Waals surface area contributed by atoms with Crippen molar-refractivity contribution in [1.82, 2.24) is 15.0 Å². The molecule has 6 rings (SSSR count). The molecule has 0 aliphatic carbocycles. The molecular weight excluding hydrogens is 446 g/mol. The highest BCUT2D eigenvalue weighted by atomic mass is 16.5. The van der Waals surface area contributed by atoms with Gasteiger partial charge in [-0.3, -0.25) is 0 Å². The summed E-state index contributed by atoms with van der Waals surface area (Å²) in [5, 5.41) is 2.09. The first kappa shape index (κ1) is 21.7. The molecule has 5 nitrogen and oxygen atoms in total. The number of hydrogen-bond acceptors (Lipinski definition) is 5. The Balaban J connectivity index is 1.57. The summed E-state index contributed by atoms with van der Waals surface area (Å²) in [4.78, 5) is 14.7.